The van der Waals surface area contributed by atoms with Gasteiger partial charge in [0.25, 0.3) is 11.7 Å². The molecular formula is C53H81NO13. The number of amides is 1. The van der Waals surface area contributed by atoms with Crippen LogP contribution in [0.2, 0.25) is 0 Å². The maximum absolute atomic E-state index is 14.4. The first kappa shape index (κ1) is 54.6. The van der Waals surface area contributed by atoms with Crippen LogP contribution in [0.1, 0.15) is 138 Å². The van der Waals surface area contributed by atoms with E-state index in [0.29, 0.717) is 63.4 Å². The van der Waals surface area contributed by atoms with Gasteiger partial charge in [0.2, 0.25) is 5.79 Å². The number of methoxy groups -OCH3 is 2. The minimum atomic E-state index is -2.42. The van der Waals surface area contributed by atoms with Crippen molar-refractivity contribution >= 4 is 29.2 Å². The van der Waals surface area contributed by atoms with Crippen LogP contribution < -0.4 is 0 Å². The SMILES string of the molecule is CO[C@@H]1C[C@H](C[C@@H](C)[C@@H]2CC(=O)[C@H](C)/C=C(\C)[C@@H](O)[C@@H](OC)C(=O)[C@H](C)C[C@H](C)/C=C/C=C/C=C(\C)[C@@H](OC3CC3)C[C@@H]3CC[C@@H](C)[C@@](O)(O3)C(=O)C(=O)N3CCCC[C@H]3C(=O)O2)CC[C@H]1O. The number of hydrogen-bond acceptors (Lipinski definition) is 13. The van der Waals surface area contributed by atoms with E-state index < -0.39 is 77.8 Å². The highest BCUT2D eigenvalue weighted by Gasteiger charge is 2.53. The zero-order valence-electron chi connectivity index (χ0n) is 41.6. The van der Waals surface area contributed by atoms with Gasteiger partial charge in [-0.1, -0.05) is 71.1 Å². The Bertz CT molecular complexity index is 1840. The molecule has 15 atom stereocenters. The van der Waals surface area contributed by atoms with E-state index in [9.17, 15) is 39.3 Å². The van der Waals surface area contributed by atoms with Gasteiger partial charge in [0, 0.05) is 51.4 Å². The summed E-state index contributed by atoms with van der Waals surface area (Å²) in [5.74, 6) is -7.89. The first-order valence-corrected chi connectivity index (χ1v) is 25.1. The fourth-order valence-electron chi connectivity index (χ4n) is 10.4. The summed E-state index contributed by atoms with van der Waals surface area (Å²) in [5.41, 5.74) is 1.33. The topological polar surface area (TPSA) is 195 Å². The lowest BCUT2D eigenvalue weighted by Crippen LogP contribution is -2.61. The van der Waals surface area contributed by atoms with Crippen molar-refractivity contribution in [2.45, 2.75) is 199 Å². The number of carbonyl (C=O) groups is 5. The molecule has 376 valence electrons. The first-order valence-electron chi connectivity index (χ1n) is 25.1. The number of aliphatic hydroxyl groups is 3. The van der Waals surface area contributed by atoms with Crippen LogP contribution in [0.3, 0.4) is 0 Å². The number of carbonyl (C=O) groups excluding carboxylic acids is 5. The maximum Gasteiger partial charge on any atom is 0.329 e. The number of piperidine rings is 1. The molecule has 5 aliphatic rings. The molecule has 3 heterocycles. The third-order valence-electron chi connectivity index (χ3n) is 15.1. The zero-order valence-corrected chi connectivity index (χ0v) is 41.6. The third kappa shape index (κ3) is 14.6. The van der Waals surface area contributed by atoms with Crippen LogP contribution in [0.15, 0.2) is 47.6 Å². The standard InChI is InChI=1S/C53H81NO13/c1-31-15-11-10-12-16-32(2)44(65-39-21-22-39)29-40-20-18-37(7)53(62,67-40)50(59)51(60)54-24-14-13-17-41(54)52(61)66-45(34(4)27-38-19-23-42(55)46(28-38)63-8)30-43(56)33(3)26-36(6)48(58)49(64-9)47(57)35(5)25-31/h10-12,15-16,26,31,33-35,37-42,44-46,48-49,55,58,62H,13-14,17-25,27-30H2,1-9H3/b12-10+,15-11+,32-16+,36-26+/t31-,33-,34-,35-,37-,38+,40+,41+,42-,44+,45+,46-,48-,49+,53-/m1/s1. The lowest BCUT2D eigenvalue weighted by Gasteiger charge is -2.43. The minimum absolute atomic E-state index is 0.0232. The van der Waals surface area contributed by atoms with Crippen LogP contribution in [-0.2, 0) is 47.7 Å². The summed E-state index contributed by atoms with van der Waals surface area (Å²) in [5, 5.41) is 34.0. The molecule has 2 saturated heterocycles. The molecule has 0 spiro atoms. The van der Waals surface area contributed by atoms with Gasteiger partial charge in [-0.2, -0.15) is 0 Å². The number of fused-ring (bicyclic) bond motifs is 3. The number of aliphatic hydroxyl groups excluding tert-OH is 2. The summed E-state index contributed by atoms with van der Waals surface area (Å²) in [7, 11) is 2.95. The monoisotopic (exact) mass is 940 g/mol. The average molecular weight is 940 g/mol. The van der Waals surface area contributed by atoms with E-state index in [-0.39, 0.29) is 67.0 Å². The van der Waals surface area contributed by atoms with Crippen molar-refractivity contribution in [3.63, 3.8) is 0 Å². The second-order valence-corrected chi connectivity index (χ2v) is 20.7. The van der Waals surface area contributed by atoms with E-state index in [4.69, 9.17) is 23.7 Å². The highest BCUT2D eigenvalue weighted by atomic mass is 16.6. The highest BCUT2D eigenvalue weighted by Crippen LogP contribution is 2.39. The number of allylic oxidation sites excluding steroid dienone is 6. The number of nitrogens with zero attached hydrogens (tertiary/aromatic N) is 1. The van der Waals surface area contributed by atoms with Crippen molar-refractivity contribution in [3.05, 3.63) is 47.6 Å². The van der Waals surface area contributed by atoms with Gasteiger partial charge in [-0.3, -0.25) is 19.2 Å². The molecule has 1 amide bonds. The summed E-state index contributed by atoms with van der Waals surface area (Å²) in [4.78, 5) is 72.2. The molecule has 67 heavy (non-hydrogen) atoms. The minimum Gasteiger partial charge on any atom is -0.460 e. The fourth-order valence-corrected chi connectivity index (χ4v) is 10.4. The van der Waals surface area contributed by atoms with Gasteiger partial charge in [0.05, 0.1) is 30.5 Å². The number of ketones is 3. The van der Waals surface area contributed by atoms with E-state index in [1.54, 1.807) is 34.0 Å². The predicted molar refractivity (Wildman–Crippen MR) is 252 cm³/mol. The van der Waals surface area contributed by atoms with Crippen molar-refractivity contribution in [1.29, 1.82) is 0 Å². The molecule has 0 aromatic rings. The van der Waals surface area contributed by atoms with Gasteiger partial charge in [0.1, 0.15) is 30.1 Å². The highest BCUT2D eigenvalue weighted by molar-refractivity contribution is 6.39. The molecule has 0 radical (unpaired) electrons. The number of rotatable bonds is 7. The first-order chi connectivity index (χ1) is 31.8. The van der Waals surface area contributed by atoms with Crippen LogP contribution in [0, 0.1) is 35.5 Å². The smallest absolute Gasteiger partial charge is 0.329 e. The van der Waals surface area contributed by atoms with Crippen molar-refractivity contribution in [2.24, 2.45) is 35.5 Å². The Hall–Kier alpha value is -3.37. The lowest BCUT2D eigenvalue weighted by atomic mass is 9.78. The van der Waals surface area contributed by atoms with Gasteiger partial charge < -0.3 is 43.9 Å². The Labute approximate surface area is 398 Å². The molecule has 14 nitrogen and oxygen atoms in total. The van der Waals surface area contributed by atoms with Crippen LogP contribution in [0.4, 0.5) is 0 Å². The second kappa shape index (κ2) is 25.0. The summed E-state index contributed by atoms with van der Waals surface area (Å²) in [6.45, 7) is 12.9. The number of esters is 1. The normalized spacial score (nSPS) is 40.7. The Morgan fingerprint density at radius 1 is 0.851 bits per heavy atom. The van der Waals surface area contributed by atoms with Crippen molar-refractivity contribution in [2.75, 3.05) is 20.8 Å². The van der Waals surface area contributed by atoms with Crippen LogP contribution in [0.25, 0.3) is 0 Å². The van der Waals surface area contributed by atoms with E-state index >= 15 is 0 Å². The largest absolute Gasteiger partial charge is 0.460 e. The molecule has 0 unspecified atom stereocenters. The third-order valence-corrected chi connectivity index (χ3v) is 15.1. The quantitative estimate of drug-likeness (QED) is 0.139. The van der Waals surface area contributed by atoms with Gasteiger partial charge >= 0.3 is 5.97 Å². The fraction of sp³-hybridized carbons (Fsp3) is 0.755. The van der Waals surface area contributed by atoms with E-state index in [2.05, 4.69) is 0 Å². The van der Waals surface area contributed by atoms with Gasteiger partial charge in [-0.15, -0.1) is 0 Å². The molecule has 2 saturated carbocycles. The van der Waals surface area contributed by atoms with Crippen molar-refractivity contribution in [1.82, 2.24) is 4.90 Å². The maximum atomic E-state index is 14.4. The van der Waals surface area contributed by atoms with E-state index in [1.165, 1.54) is 12.0 Å². The summed E-state index contributed by atoms with van der Waals surface area (Å²) < 4.78 is 30.1. The summed E-state index contributed by atoms with van der Waals surface area (Å²) >= 11 is 0. The zero-order chi connectivity index (χ0) is 49.2. The Morgan fingerprint density at radius 2 is 1.58 bits per heavy atom. The van der Waals surface area contributed by atoms with Gasteiger partial charge in [-0.25, -0.2) is 4.79 Å². The number of hydrogen-bond donors (Lipinski definition) is 3. The molecule has 3 N–H and O–H groups in total. The molecule has 2 aliphatic carbocycles. The number of cyclic esters (lactones) is 1. The van der Waals surface area contributed by atoms with E-state index in [0.717, 1.165) is 24.8 Å². The van der Waals surface area contributed by atoms with Crippen molar-refractivity contribution < 1.29 is 63.0 Å². The molecule has 14 heteroatoms. The molecular weight excluding hydrogens is 859 g/mol. The van der Waals surface area contributed by atoms with Crippen LogP contribution in [0.5, 0.6) is 0 Å². The number of Topliss-reactive ketones (excluding diaryl/α,β-unsaturated/α-hetero) is 3. The van der Waals surface area contributed by atoms with Gasteiger partial charge in [-0.05, 0) is 120 Å². The van der Waals surface area contributed by atoms with Crippen molar-refractivity contribution in [3.8, 4) is 0 Å². The predicted octanol–water partition coefficient (Wildman–Crippen LogP) is 6.71. The summed E-state index contributed by atoms with van der Waals surface area (Å²) in [6.07, 6.45) is 13.5. The average Bonchev–Trinajstić information content (AvgIpc) is 4.13. The molecule has 5 rings (SSSR count). The van der Waals surface area contributed by atoms with Crippen LogP contribution >= 0.6 is 0 Å². The lowest BCUT2D eigenvalue weighted by molar-refractivity contribution is -0.266. The molecule has 0 aromatic carbocycles. The molecule has 0 aromatic heterocycles. The molecule has 4 fully saturated rings. The van der Waals surface area contributed by atoms with Crippen LogP contribution in [-0.4, -0.2) is 131 Å². The molecule has 3 aliphatic heterocycles. The van der Waals surface area contributed by atoms with Gasteiger partial charge in [0.15, 0.2) is 5.78 Å². The Morgan fingerprint density at radius 3 is 2.27 bits per heavy atom. The second-order valence-electron chi connectivity index (χ2n) is 20.7. The van der Waals surface area contributed by atoms with E-state index in [1.807, 2.05) is 58.1 Å². The summed E-state index contributed by atoms with van der Waals surface area (Å²) in [6, 6.07) is -1.14. The Balaban J connectivity index is 1.47. The Kier molecular flexibility index (Phi) is 20.3. The number of ether oxygens (including phenoxy) is 5. The molecule has 2 bridgehead atoms.